The van der Waals surface area contributed by atoms with E-state index in [0.717, 1.165) is 12.8 Å². The number of ether oxygens (including phenoxy) is 1. The molecule has 0 saturated heterocycles. The molecule has 2 aromatic rings. The summed E-state index contributed by atoms with van der Waals surface area (Å²) in [6.07, 6.45) is 1.62. The molecular weight excluding hydrogens is 340 g/mol. The van der Waals surface area contributed by atoms with Gasteiger partial charge in [-0.25, -0.2) is 4.79 Å². The molecule has 0 spiro atoms. The molecule has 0 aliphatic heterocycles. The Morgan fingerprint density at radius 3 is 2.46 bits per heavy atom. The lowest BCUT2D eigenvalue weighted by atomic mass is 10.1. The highest BCUT2D eigenvalue weighted by molar-refractivity contribution is 5.85. The molecule has 2 rings (SSSR count). The Hall–Kier alpha value is -2.90. The zero-order valence-electron chi connectivity index (χ0n) is 15.1. The highest BCUT2D eigenvalue weighted by atomic mass is 16.6. The lowest BCUT2D eigenvalue weighted by Gasteiger charge is -2.21. The summed E-state index contributed by atoms with van der Waals surface area (Å²) < 4.78 is 10.5. The van der Waals surface area contributed by atoms with Crippen LogP contribution < -0.4 is 10.4 Å². The van der Waals surface area contributed by atoms with Crippen molar-refractivity contribution >= 4 is 22.6 Å². The van der Waals surface area contributed by atoms with Gasteiger partial charge in [0.25, 0.3) is 5.91 Å². The number of amides is 1. The topological polar surface area (TPSA) is 103 Å². The fourth-order valence-corrected chi connectivity index (χ4v) is 2.72. The average molecular weight is 362 g/mol. The summed E-state index contributed by atoms with van der Waals surface area (Å²) in [6.45, 7) is 6.49. The first kappa shape index (κ1) is 19.4. The number of carbonyl (C=O) groups is 1. The van der Waals surface area contributed by atoms with Crippen molar-refractivity contribution < 1.29 is 18.9 Å². The molecule has 0 unspecified atom stereocenters. The van der Waals surface area contributed by atoms with Crippen molar-refractivity contribution in [2.75, 3.05) is 19.7 Å². The Morgan fingerprint density at radius 1 is 1.23 bits per heavy atom. The summed E-state index contributed by atoms with van der Waals surface area (Å²) in [6, 6.07) is 3.85. The van der Waals surface area contributed by atoms with Crippen molar-refractivity contribution in [1.82, 2.24) is 4.90 Å². The van der Waals surface area contributed by atoms with Crippen LogP contribution in [0.25, 0.3) is 11.0 Å². The van der Waals surface area contributed by atoms with Crippen LogP contribution in [0.5, 0.6) is 5.75 Å². The molecule has 26 heavy (non-hydrogen) atoms. The number of nitro benzene ring substituents is 1. The Kier molecular flexibility index (Phi) is 6.32. The number of fused-ring (bicyclic) bond motifs is 1. The number of nitrogens with zero attached hydrogens (tertiary/aromatic N) is 2. The van der Waals surface area contributed by atoms with Crippen LogP contribution in [0.4, 0.5) is 5.69 Å². The molecule has 0 atom stereocenters. The Balaban J connectivity index is 2.33. The first-order chi connectivity index (χ1) is 12.4. The van der Waals surface area contributed by atoms with Crippen LogP contribution in [0.2, 0.25) is 0 Å². The minimum absolute atomic E-state index is 0.0995. The minimum atomic E-state index is -0.584. The molecule has 0 N–H and O–H groups in total. The number of hydrogen-bond acceptors (Lipinski definition) is 6. The van der Waals surface area contributed by atoms with Crippen molar-refractivity contribution in [2.45, 2.75) is 33.6 Å². The van der Waals surface area contributed by atoms with Crippen LogP contribution in [-0.2, 0) is 4.79 Å². The molecule has 0 aliphatic rings. The molecule has 140 valence electrons. The molecule has 1 heterocycles. The summed E-state index contributed by atoms with van der Waals surface area (Å²) in [5, 5.41) is 11.8. The van der Waals surface area contributed by atoms with Gasteiger partial charge in [-0.15, -0.1) is 0 Å². The van der Waals surface area contributed by atoms with Crippen LogP contribution in [0.1, 0.15) is 32.3 Å². The summed E-state index contributed by atoms with van der Waals surface area (Å²) in [4.78, 5) is 36.3. The van der Waals surface area contributed by atoms with Crippen molar-refractivity contribution in [3.63, 3.8) is 0 Å². The van der Waals surface area contributed by atoms with Crippen molar-refractivity contribution in [3.8, 4) is 5.75 Å². The van der Waals surface area contributed by atoms with Crippen molar-refractivity contribution in [3.05, 3.63) is 44.3 Å². The van der Waals surface area contributed by atoms with Gasteiger partial charge in [-0.1, -0.05) is 13.8 Å². The number of rotatable bonds is 8. The van der Waals surface area contributed by atoms with E-state index in [-0.39, 0.29) is 29.5 Å². The van der Waals surface area contributed by atoms with Gasteiger partial charge in [0.1, 0.15) is 5.58 Å². The highest BCUT2D eigenvalue weighted by Gasteiger charge is 2.21. The molecule has 1 aromatic heterocycles. The SMILES string of the molecule is CCCN(CCC)C(=O)COc1cc2oc(=O)cc(C)c2cc1[N+](=O)[O-]. The van der Waals surface area contributed by atoms with Crippen LogP contribution in [0.15, 0.2) is 27.4 Å². The van der Waals surface area contributed by atoms with Gasteiger partial charge in [0.2, 0.25) is 5.75 Å². The van der Waals surface area contributed by atoms with E-state index < -0.39 is 10.5 Å². The second-order valence-corrected chi connectivity index (χ2v) is 5.99. The maximum Gasteiger partial charge on any atom is 0.336 e. The van der Waals surface area contributed by atoms with E-state index in [2.05, 4.69) is 0 Å². The molecule has 0 fully saturated rings. The van der Waals surface area contributed by atoms with E-state index in [1.807, 2.05) is 13.8 Å². The second-order valence-electron chi connectivity index (χ2n) is 5.99. The maximum absolute atomic E-state index is 12.3. The standard InChI is InChI=1S/C18H22N2O6/c1-4-6-19(7-5-2)17(21)11-25-16-10-15-13(9-14(16)20(23)24)12(3)8-18(22)26-15/h8-10H,4-7,11H2,1-3H3. The summed E-state index contributed by atoms with van der Waals surface area (Å²) in [7, 11) is 0. The van der Waals surface area contributed by atoms with Gasteiger partial charge in [0, 0.05) is 36.7 Å². The highest BCUT2D eigenvalue weighted by Crippen LogP contribution is 2.33. The van der Waals surface area contributed by atoms with Crippen LogP contribution in [0.3, 0.4) is 0 Å². The molecule has 0 bridgehead atoms. The number of aryl methyl sites for hydroxylation is 1. The van der Waals surface area contributed by atoms with Crippen LogP contribution >= 0.6 is 0 Å². The van der Waals surface area contributed by atoms with E-state index in [0.29, 0.717) is 24.0 Å². The molecule has 0 radical (unpaired) electrons. The van der Waals surface area contributed by atoms with Gasteiger partial charge in [-0.3, -0.25) is 14.9 Å². The quantitative estimate of drug-likeness (QED) is 0.406. The van der Waals surface area contributed by atoms with Gasteiger partial charge in [0.05, 0.1) is 4.92 Å². The molecule has 1 aromatic carbocycles. The van der Waals surface area contributed by atoms with Gasteiger partial charge in [-0.2, -0.15) is 0 Å². The molecule has 0 aliphatic carbocycles. The predicted octanol–water partition coefficient (Wildman–Crippen LogP) is 3.04. The number of hydrogen-bond donors (Lipinski definition) is 0. The first-order valence-corrected chi connectivity index (χ1v) is 8.50. The summed E-state index contributed by atoms with van der Waals surface area (Å²) in [5.74, 6) is -0.341. The third kappa shape index (κ3) is 4.38. The van der Waals surface area contributed by atoms with Gasteiger partial charge < -0.3 is 14.1 Å². The normalized spacial score (nSPS) is 10.7. The largest absolute Gasteiger partial charge is 0.477 e. The fourth-order valence-electron chi connectivity index (χ4n) is 2.72. The van der Waals surface area contributed by atoms with Crippen molar-refractivity contribution in [2.24, 2.45) is 0 Å². The number of benzene rings is 1. The van der Waals surface area contributed by atoms with E-state index in [1.165, 1.54) is 18.2 Å². The number of nitro groups is 1. The zero-order valence-corrected chi connectivity index (χ0v) is 15.1. The van der Waals surface area contributed by atoms with E-state index >= 15 is 0 Å². The number of carbonyl (C=O) groups excluding carboxylic acids is 1. The van der Waals surface area contributed by atoms with Crippen LogP contribution in [-0.4, -0.2) is 35.4 Å². The van der Waals surface area contributed by atoms with Gasteiger partial charge in [-0.05, 0) is 25.3 Å². The van der Waals surface area contributed by atoms with Gasteiger partial charge >= 0.3 is 11.3 Å². The third-order valence-electron chi connectivity index (χ3n) is 3.92. The molecular formula is C18H22N2O6. The lowest BCUT2D eigenvalue weighted by Crippen LogP contribution is -2.36. The molecule has 0 saturated carbocycles. The lowest BCUT2D eigenvalue weighted by molar-refractivity contribution is -0.385. The van der Waals surface area contributed by atoms with E-state index in [9.17, 15) is 19.7 Å². The monoisotopic (exact) mass is 362 g/mol. The molecule has 1 amide bonds. The third-order valence-corrected chi connectivity index (χ3v) is 3.92. The molecule has 8 heteroatoms. The predicted molar refractivity (Wildman–Crippen MR) is 96.5 cm³/mol. The summed E-state index contributed by atoms with van der Waals surface area (Å²) in [5.41, 5.74) is -0.0798. The molecule has 8 nitrogen and oxygen atoms in total. The minimum Gasteiger partial charge on any atom is -0.477 e. The van der Waals surface area contributed by atoms with E-state index in [1.54, 1.807) is 11.8 Å². The Bertz CT molecular complexity index is 868. The van der Waals surface area contributed by atoms with Gasteiger partial charge in [0.15, 0.2) is 6.61 Å². The van der Waals surface area contributed by atoms with Crippen molar-refractivity contribution in [1.29, 1.82) is 0 Å². The smallest absolute Gasteiger partial charge is 0.336 e. The van der Waals surface area contributed by atoms with E-state index in [4.69, 9.17) is 9.15 Å². The Labute approximate surface area is 150 Å². The Morgan fingerprint density at radius 2 is 1.88 bits per heavy atom. The fraction of sp³-hybridized carbons (Fsp3) is 0.444. The first-order valence-electron chi connectivity index (χ1n) is 8.50. The zero-order chi connectivity index (χ0) is 19.3. The maximum atomic E-state index is 12.3. The second kappa shape index (κ2) is 8.46. The average Bonchev–Trinajstić information content (AvgIpc) is 2.58. The summed E-state index contributed by atoms with van der Waals surface area (Å²) >= 11 is 0. The van der Waals surface area contributed by atoms with Crippen LogP contribution in [0, 0.1) is 17.0 Å².